The molecule has 1 aromatic heterocycles. The number of amides is 2. The van der Waals surface area contributed by atoms with E-state index in [0.29, 0.717) is 23.9 Å². The molecule has 1 aromatic carbocycles. The van der Waals surface area contributed by atoms with Crippen LogP contribution in [-0.4, -0.2) is 88.2 Å². The van der Waals surface area contributed by atoms with Crippen molar-refractivity contribution in [3.8, 4) is 0 Å². The lowest BCUT2D eigenvalue weighted by molar-refractivity contribution is -0.137. The fourth-order valence-corrected chi connectivity index (χ4v) is 7.89. The van der Waals surface area contributed by atoms with E-state index in [-0.39, 0.29) is 35.4 Å². The normalized spacial score (nSPS) is 23.7. The molecule has 0 bridgehead atoms. The summed E-state index contributed by atoms with van der Waals surface area (Å²) in [4.78, 5) is 34.7. The van der Waals surface area contributed by atoms with E-state index < -0.39 is 0 Å². The Labute approximate surface area is 262 Å². The third-order valence-corrected chi connectivity index (χ3v) is 10.4. The molecule has 0 spiro atoms. The maximum Gasteiger partial charge on any atom is 0.240 e. The summed E-state index contributed by atoms with van der Waals surface area (Å²) in [5.41, 5.74) is 1.28. The van der Waals surface area contributed by atoms with Gasteiger partial charge in [-0.15, -0.1) is 0 Å². The number of likely N-dealkylation sites (tertiary alicyclic amines) is 1. The lowest BCUT2D eigenvalue weighted by atomic mass is 9.63. The number of likely N-dealkylation sites (N-methyl/N-ethyl adjacent to an activating group) is 1. The summed E-state index contributed by atoms with van der Waals surface area (Å²) in [5.74, 6) is 0.962. The Morgan fingerprint density at radius 1 is 1.00 bits per heavy atom. The zero-order chi connectivity index (χ0) is 30.2. The molecule has 3 fully saturated rings. The van der Waals surface area contributed by atoms with Crippen LogP contribution in [0, 0.1) is 11.3 Å². The fraction of sp³-hybridized carbons (Fsp3) is 0.697. The summed E-state index contributed by atoms with van der Waals surface area (Å²) < 4.78 is 2.01. The summed E-state index contributed by atoms with van der Waals surface area (Å²) >= 11 is 6.17. The molecule has 2 aromatic rings. The average molecular weight is 612 g/mol. The smallest absolute Gasteiger partial charge is 0.240 e. The summed E-state index contributed by atoms with van der Waals surface area (Å²) in [7, 11) is 3.82. The van der Waals surface area contributed by atoms with Crippen LogP contribution in [0.5, 0.6) is 0 Å². The van der Waals surface area contributed by atoms with E-state index in [0.717, 1.165) is 63.7 Å². The van der Waals surface area contributed by atoms with Crippen LogP contribution in [0.25, 0.3) is 0 Å². The molecule has 1 saturated heterocycles. The van der Waals surface area contributed by atoms with E-state index in [1.165, 1.54) is 32.1 Å². The molecule has 0 unspecified atom stereocenters. The Hall–Kier alpha value is -2.49. The Morgan fingerprint density at radius 2 is 1.67 bits per heavy atom. The second-order valence-corrected chi connectivity index (χ2v) is 14.0. The van der Waals surface area contributed by atoms with Crippen LogP contribution in [-0.2, 0) is 22.6 Å². The molecule has 2 aliphatic carbocycles. The lowest BCUT2D eigenvalue weighted by Crippen LogP contribution is -2.56. The Bertz CT molecular complexity index is 1150. The van der Waals surface area contributed by atoms with Crippen molar-refractivity contribution in [2.45, 2.75) is 102 Å². The maximum absolute atomic E-state index is 14.2. The standard InChI is InChI=1S/C33H50ClN7O2/c1-39(2)21-31(42)38-29-14-12-28(13-15-29)37-30(20-25-8-10-27(34)11-9-25)32(43)40-18-16-33(17-19-40,22-41-24-35-23-36-41)26-6-4-3-5-7-26/h8-11,23-24,26,28-30,37H,3-7,12-22H2,1-2H3,(H,38,42)/t28?,29?,30-/m1/s1. The summed E-state index contributed by atoms with van der Waals surface area (Å²) in [5, 5.41) is 12.1. The number of hydrogen-bond acceptors (Lipinski definition) is 6. The number of piperidine rings is 1. The van der Waals surface area contributed by atoms with E-state index >= 15 is 0 Å². The highest BCUT2D eigenvalue weighted by Crippen LogP contribution is 2.47. The first-order valence-corrected chi connectivity index (χ1v) is 16.7. The molecular weight excluding hydrogens is 562 g/mol. The summed E-state index contributed by atoms with van der Waals surface area (Å²) in [6, 6.07) is 8.04. The first-order chi connectivity index (χ1) is 20.8. The largest absolute Gasteiger partial charge is 0.352 e. The molecular formula is C33H50ClN7O2. The van der Waals surface area contributed by atoms with E-state index in [9.17, 15) is 9.59 Å². The Morgan fingerprint density at radius 3 is 2.30 bits per heavy atom. The van der Waals surface area contributed by atoms with Gasteiger partial charge in [0.2, 0.25) is 11.8 Å². The van der Waals surface area contributed by atoms with Crippen LogP contribution in [0.2, 0.25) is 5.02 Å². The third-order valence-electron chi connectivity index (χ3n) is 10.1. The molecule has 0 radical (unpaired) electrons. The summed E-state index contributed by atoms with van der Waals surface area (Å²) in [6.07, 6.45) is 16.4. The van der Waals surface area contributed by atoms with Crippen LogP contribution < -0.4 is 10.6 Å². The van der Waals surface area contributed by atoms with Gasteiger partial charge < -0.3 is 20.4 Å². The van der Waals surface area contributed by atoms with Gasteiger partial charge in [-0.05, 0) is 101 Å². The zero-order valence-corrected chi connectivity index (χ0v) is 26.8. The summed E-state index contributed by atoms with van der Waals surface area (Å²) in [6.45, 7) is 2.87. The van der Waals surface area contributed by atoms with Gasteiger partial charge in [0.1, 0.15) is 12.7 Å². The molecule has 5 rings (SSSR count). The third kappa shape index (κ3) is 8.79. The SMILES string of the molecule is CN(C)CC(=O)NC1CCC(N[C@H](Cc2ccc(Cl)cc2)C(=O)N2CCC(Cn3cncn3)(C3CCCCC3)CC2)CC1. The molecule has 236 valence electrons. The number of halogens is 1. The quantitative estimate of drug-likeness (QED) is 0.393. The molecule has 1 aliphatic heterocycles. The van der Waals surface area contributed by atoms with Crippen LogP contribution in [0.3, 0.4) is 0 Å². The number of hydrogen-bond donors (Lipinski definition) is 2. The van der Waals surface area contributed by atoms with Crippen molar-refractivity contribution in [2.24, 2.45) is 11.3 Å². The van der Waals surface area contributed by atoms with Crippen molar-refractivity contribution in [1.82, 2.24) is 35.2 Å². The van der Waals surface area contributed by atoms with E-state index in [2.05, 4.69) is 25.6 Å². The van der Waals surface area contributed by atoms with Gasteiger partial charge in [-0.3, -0.25) is 14.3 Å². The van der Waals surface area contributed by atoms with Gasteiger partial charge in [0.25, 0.3) is 0 Å². The predicted molar refractivity (Wildman–Crippen MR) is 170 cm³/mol. The number of nitrogens with one attached hydrogen (secondary N) is 2. The average Bonchev–Trinajstić information content (AvgIpc) is 3.52. The minimum atomic E-state index is -0.288. The minimum absolute atomic E-state index is 0.0791. The highest BCUT2D eigenvalue weighted by atomic mass is 35.5. The Kier molecular flexibility index (Phi) is 11.1. The van der Waals surface area contributed by atoms with Crippen molar-refractivity contribution in [3.63, 3.8) is 0 Å². The van der Waals surface area contributed by atoms with Gasteiger partial charge in [0, 0.05) is 36.7 Å². The van der Waals surface area contributed by atoms with Crippen LogP contribution in [0.15, 0.2) is 36.9 Å². The monoisotopic (exact) mass is 611 g/mol. The number of carbonyl (C=O) groups is 2. The molecule has 3 aliphatic rings. The molecule has 2 amide bonds. The highest BCUT2D eigenvalue weighted by molar-refractivity contribution is 6.30. The number of nitrogens with zero attached hydrogens (tertiary/aromatic N) is 5. The fourth-order valence-electron chi connectivity index (χ4n) is 7.76. The molecule has 2 heterocycles. The zero-order valence-electron chi connectivity index (χ0n) is 26.0. The van der Waals surface area contributed by atoms with Gasteiger partial charge in [-0.1, -0.05) is 43.0 Å². The van der Waals surface area contributed by atoms with Crippen LogP contribution >= 0.6 is 11.6 Å². The first-order valence-electron chi connectivity index (χ1n) is 16.4. The topological polar surface area (TPSA) is 95.4 Å². The minimum Gasteiger partial charge on any atom is -0.352 e. The second kappa shape index (κ2) is 15.0. The number of benzene rings is 1. The van der Waals surface area contributed by atoms with E-state index in [1.54, 1.807) is 6.33 Å². The van der Waals surface area contributed by atoms with E-state index in [4.69, 9.17) is 11.6 Å². The maximum atomic E-state index is 14.2. The molecule has 1 atom stereocenters. The van der Waals surface area contributed by atoms with Crippen molar-refractivity contribution in [1.29, 1.82) is 0 Å². The van der Waals surface area contributed by atoms with Crippen LogP contribution in [0.1, 0.15) is 76.2 Å². The van der Waals surface area contributed by atoms with Gasteiger partial charge in [-0.25, -0.2) is 4.98 Å². The van der Waals surface area contributed by atoms with Gasteiger partial charge in [-0.2, -0.15) is 5.10 Å². The number of carbonyl (C=O) groups excluding carboxylic acids is 2. The van der Waals surface area contributed by atoms with E-state index in [1.807, 2.05) is 54.3 Å². The molecule has 2 N–H and O–H groups in total. The first kappa shape index (κ1) is 31.9. The van der Waals surface area contributed by atoms with Crippen LogP contribution in [0.4, 0.5) is 0 Å². The Balaban J connectivity index is 1.23. The second-order valence-electron chi connectivity index (χ2n) is 13.5. The molecule has 2 saturated carbocycles. The van der Waals surface area contributed by atoms with Gasteiger partial charge in [0.15, 0.2) is 0 Å². The van der Waals surface area contributed by atoms with Crippen molar-refractivity contribution >= 4 is 23.4 Å². The predicted octanol–water partition coefficient (Wildman–Crippen LogP) is 4.31. The highest BCUT2D eigenvalue weighted by Gasteiger charge is 2.44. The van der Waals surface area contributed by atoms with Crippen molar-refractivity contribution in [2.75, 3.05) is 33.7 Å². The van der Waals surface area contributed by atoms with Crippen molar-refractivity contribution in [3.05, 3.63) is 47.5 Å². The van der Waals surface area contributed by atoms with Gasteiger partial charge in [0.05, 0.1) is 12.6 Å². The number of aromatic nitrogens is 3. The molecule has 9 nitrogen and oxygen atoms in total. The lowest BCUT2D eigenvalue weighted by Gasteiger charge is -2.48. The number of rotatable bonds is 11. The molecule has 10 heteroatoms. The molecule has 43 heavy (non-hydrogen) atoms. The van der Waals surface area contributed by atoms with Gasteiger partial charge >= 0.3 is 0 Å². The van der Waals surface area contributed by atoms with Crippen molar-refractivity contribution < 1.29 is 9.59 Å².